The Balaban J connectivity index is 2.09. The molecule has 1 aliphatic heterocycles. The van der Waals surface area contributed by atoms with E-state index in [1.165, 1.54) is 0 Å². The molecule has 2 aromatic rings. The van der Waals surface area contributed by atoms with Gasteiger partial charge in [-0.05, 0) is 31.4 Å². The normalized spacial score (nSPS) is 17.3. The number of anilines is 1. The molecule has 1 heterocycles. The number of amides is 1. The van der Waals surface area contributed by atoms with Crippen LogP contribution in [-0.4, -0.2) is 25.4 Å². The van der Waals surface area contributed by atoms with Crippen LogP contribution < -0.4 is 14.4 Å². The van der Waals surface area contributed by atoms with Gasteiger partial charge in [-0.15, -0.1) is 11.8 Å². The van der Waals surface area contributed by atoms with Crippen LogP contribution in [0.3, 0.4) is 0 Å². The minimum atomic E-state index is -0.567. The van der Waals surface area contributed by atoms with Gasteiger partial charge in [-0.1, -0.05) is 24.3 Å². The molecule has 23 heavy (non-hydrogen) atoms. The summed E-state index contributed by atoms with van der Waals surface area (Å²) >= 11 is 1.63. The number of hydrogen-bond donors (Lipinski definition) is 0. The van der Waals surface area contributed by atoms with Crippen molar-refractivity contribution in [1.29, 1.82) is 0 Å². The van der Waals surface area contributed by atoms with Crippen LogP contribution in [0.15, 0.2) is 47.4 Å². The van der Waals surface area contributed by atoms with Gasteiger partial charge in [0.05, 0.1) is 19.3 Å². The van der Waals surface area contributed by atoms with Gasteiger partial charge in [-0.25, -0.2) is 0 Å². The monoisotopic (exact) mass is 329 g/mol. The van der Waals surface area contributed by atoms with Crippen LogP contribution in [0.4, 0.5) is 5.69 Å². The van der Waals surface area contributed by atoms with E-state index in [4.69, 9.17) is 9.47 Å². The van der Waals surface area contributed by atoms with Crippen molar-refractivity contribution in [3.63, 3.8) is 0 Å². The lowest BCUT2D eigenvalue weighted by Crippen LogP contribution is -2.38. The summed E-state index contributed by atoms with van der Waals surface area (Å²) < 4.78 is 11.3. The fraction of sp³-hybridized carbons (Fsp3) is 0.278. The first-order valence-electron chi connectivity index (χ1n) is 7.42. The summed E-state index contributed by atoms with van der Waals surface area (Å²) in [5.41, 5.74) is 1.86. The summed E-state index contributed by atoms with van der Waals surface area (Å²) in [6, 6.07) is 13.7. The number of carbonyl (C=O) groups excluding carboxylic acids is 1. The van der Waals surface area contributed by atoms with Crippen LogP contribution >= 0.6 is 11.8 Å². The van der Waals surface area contributed by atoms with Gasteiger partial charge in [0.25, 0.3) is 5.91 Å². The summed E-state index contributed by atoms with van der Waals surface area (Å²) in [5.74, 6) is 1.26. The summed E-state index contributed by atoms with van der Waals surface area (Å²) in [6.07, 6.45) is 1.44. The maximum atomic E-state index is 12.8. The maximum Gasteiger partial charge on any atom is 0.268 e. The lowest BCUT2D eigenvalue weighted by atomic mass is 10.1. The average Bonchev–Trinajstić information content (AvgIpc) is 2.71. The molecule has 0 fully saturated rings. The summed E-state index contributed by atoms with van der Waals surface area (Å²) in [6.45, 7) is 2.24. The molecule has 0 unspecified atom stereocenters. The molecule has 0 aliphatic carbocycles. The fourth-order valence-electron chi connectivity index (χ4n) is 2.73. The molecule has 0 bridgehead atoms. The van der Waals surface area contributed by atoms with Crippen molar-refractivity contribution in [1.82, 2.24) is 0 Å². The van der Waals surface area contributed by atoms with Crippen molar-refractivity contribution in [3.05, 3.63) is 48.0 Å². The Morgan fingerprint density at radius 1 is 1.22 bits per heavy atom. The number of thioether (sulfide) groups is 1. The maximum absolute atomic E-state index is 12.8. The van der Waals surface area contributed by atoms with Gasteiger partial charge >= 0.3 is 0 Å². The molecular formula is C18H19NO3S. The first-order valence-corrected chi connectivity index (χ1v) is 8.65. The van der Waals surface area contributed by atoms with Crippen molar-refractivity contribution in [2.24, 2.45) is 0 Å². The molecule has 0 radical (unpaired) electrons. The van der Waals surface area contributed by atoms with Crippen molar-refractivity contribution >= 4 is 23.4 Å². The van der Waals surface area contributed by atoms with E-state index in [2.05, 4.69) is 0 Å². The van der Waals surface area contributed by atoms with Crippen molar-refractivity contribution in [2.75, 3.05) is 18.3 Å². The van der Waals surface area contributed by atoms with Gasteiger partial charge in [-0.3, -0.25) is 4.79 Å². The Morgan fingerprint density at radius 3 is 2.74 bits per heavy atom. The van der Waals surface area contributed by atoms with Gasteiger partial charge in [0.15, 0.2) is 17.6 Å². The van der Waals surface area contributed by atoms with Crippen molar-refractivity contribution < 1.29 is 14.3 Å². The zero-order chi connectivity index (χ0) is 16.4. The molecule has 5 heteroatoms. The number of hydrogen-bond acceptors (Lipinski definition) is 4. The molecule has 1 amide bonds. The second-order valence-electron chi connectivity index (χ2n) is 5.30. The molecule has 0 saturated heterocycles. The molecular weight excluding hydrogens is 310 g/mol. The van der Waals surface area contributed by atoms with Crippen LogP contribution in [0, 0.1) is 0 Å². The SMILES string of the molecule is COc1cccc2c1O[C@H](C)C(=O)N(c1ccccc1SC)C2. The van der Waals surface area contributed by atoms with Gasteiger partial charge in [0, 0.05) is 10.5 Å². The molecule has 0 saturated carbocycles. The fourth-order valence-corrected chi connectivity index (χ4v) is 3.33. The third kappa shape index (κ3) is 2.88. The smallest absolute Gasteiger partial charge is 0.268 e. The average molecular weight is 329 g/mol. The number of benzene rings is 2. The Labute approximate surface area is 140 Å². The lowest BCUT2D eigenvalue weighted by molar-refractivity contribution is -0.124. The third-order valence-corrected chi connectivity index (χ3v) is 4.68. The van der Waals surface area contributed by atoms with E-state index in [-0.39, 0.29) is 5.91 Å². The number of carbonyl (C=O) groups is 1. The van der Waals surface area contributed by atoms with Crippen LogP contribution in [0.5, 0.6) is 11.5 Å². The third-order valence-electron chi connectivity index (χ3n) is 3.89. The first-order chi connectivity index (χ1) is 11.2. The molecule has 2 aromatic carbocycles. The van der Waals surface area contributed by atoms with Crippen LogP contribution in [0.2, 0.25) is 0 Å². The van der Waals surface area contributed by atoms with Gasteiger partial charge < -0.3 is 14.4 Å². The molecule has 1 aliphatic rings. The molecule has 3 rings (SSSR count). The molecule has 0 aromatic heterocycles. The summed E-state index contributed by atoms with van der Waals surface area (Å²) in [4.78, 5) is 15.7. The topological polar surface area (TPSA) is 38.8 Å². The number of fused-ring (bicyclic) bond motifs is 1. The zero-order valence-electron chi connectivity index (χ0n) is 13.4. The predicted octanol–water partition coefficient (Wildman–Crippen LogP) is 3.73. The van der Waals surface area contributed by atoms with Crippen LogP contribution in [0.1, 0.15) is 12.5 Å². The predicted molar refractivity (Wildman–Crippen MR) is 92.5 cm³/mol. The summed E-state index contributed by atoms with van der Waals surface area (Å²) in [7, 11) is 1.61. The number of methoxy groups -OCH3 is 1. The quantitative estimate of drug-likeness (QED) is 0.804. The van der Waals surface area contributed by atoms with Crippen LogP contribution in [0.25, 0.3) is 0 Å². The first kappa shape index (κ1) is 15.7. The second kappa shape index (κ2) is 6.54. The standard InChI is InChI=1S/C18H19NO3S/c1-12-18(20)19(14-8-4-5-10-16(14)23-3)11-13-7-6-9-15(21-2)17(13)22-12/h4-10,12H,11H2,1-3H3/t12-/m1/s1. The minimum Gasteiger partial charge on any atom is -0.493 e. The number of para-hydroxylation sites is 2. The van der Waals surface area contributed by atoms with E-state index in [0.29, 0.717) is 18.0 Å². The highest BCUT2D eigenvalue weighted by molar-refractivity contribution is 7.98. The highest BCUT2D eigenvalue weighted by atomic mass is 32.2. The largest absolute Gasteiger partial charge is 0.493 e. The Kier molecular flexibility index (Phi) is 4.48. The number of rotatable bonds is 3. The molecule has 1 atom stereocenters. The van der Waals surface area contributed by atoms with E-state index in [9.17, 15) is 4.79 Å². The van der Waals surface area contributed by atoms with Crippen molar-refractivity contribution in [3.8, 4) is 11.5 Å². The molecule has 4 nitrogen and oxygen atoms in total. The Bertz CT molecular complexity index is 732. The van der Waals surface area contributed by atoms with Crippen molar-refractivity contribution in [2.45, 2.75) is 24.5 Å². The Hall–Kier alpha value is -2.14. The minimum absolute atomic E-state index is 0.0512. The molecule has 0 spiro atoms. The highest BCUT2D eigenvalue weighted by Gasteiger charge is 2.31. The van der Waals surface area contributed by atoms with Gasteiger partial charge in [0.2, 0.25) is 0 Å². The van der Waals surface area contributed by atoms with E-state index < -0.39 is 6.10 Å². The lowest BCUT2D eigenvalue weighted by Gasteiger charge is -2.24. The second-order valence-corrected chi connectivity index (χ2v) is 6.15. The van der Waals surface area contributed by atoms with E-state index >= 15 is 0 Å². The van der Waals surface area contributed by atoms with Gasteiger partial charge in [-0.2, -0.15) is 0 Å². The van der Waals surface area contributed by atoms with Gasteiger partial charge in [0.1, 0.15) is 0 Å². The highest BCUT2D eigenvalue weighted by Crippen LogP contribution is 2.38. The zero-order valence-corrected chi connectivity index (χ0v) is 14.2. The van der Waals surface area contributed by atoms with Crippen LogP contribution in [-0.2, 0) is 11.3 Å². The van der Waals surface area contributed by atoms with E-state index in [0.717, 1.165) is 16.1 Å². The Morgan fingerprint density at radius 2 is 2.00 bits per heavy atom. The molecule has 0 N–H and O–H groups in total. The number of nitrogens with zero attached hydrogens (tertiary/aromatic N) is 1. The molecule has 120 valence electrons. The van der Waals surface area contributed by atoms with E-state index in [1.54, 1.807) is 30.7 Å². The van der Waals surface area contributed by atoms with E-state index in [1.807, 2.05) is 48.7 Å². The number of ether oxygens (including phenoxy) is 2. The summed E-state index contributed by atoms with van der Waals surface area (Å²) in [5, 5.41) is 0.